The predicted octanol–water partition coefficient (Wildman–Crippen LogP) is 8.97. The largest absolute Gasteiger partial charge is 0.490 e. The topological polar surface area (TPSA) is 94.2 Å². The van der Waals surface area contributed by atoms with Crippen LogP contribution >= 0.6 is 45.8 Å². The number of carbonyl (C=O) groups is 3. The minimum absolute atomic E-state index is 0.190. The Morgan fingerprint density at radius 1 is 0.812 bits per heavy atom. The lowest BCUT2D eigenvalue weighted by atomic mass is 10.1. The number of ether oxygens (including phenoxy) is 3. The van der Waals surface area contributed by atoms with Crippen molar-refractivity contribution >= 4 is 86.2 Å². The number of urea groups is 1. The first-order valence-electron chi connectivity index (χ1n) is 14.9. The molecule has 0 bridgehead atoms. The van der Waals surface area contributed by atoms with Gasteiger partial charge in [-0.2, -0.15) is 0 Å². The van der Waals surface area contributed by atoms with E-state index in [4.69, 9.17) is 37.4 Å². The third kappa shape index (κ3) is 7.28. The Bertz CT molecular complexity index is 2080. The normalized spacial score (nSPS) is 14.0. The fourth-order valence-electron chi connectivity index (χ4n) is 5.19. The average molecular weight is 793 g/mol. The van der Waals surface area contributed by atoms with E-state index in [1.807, 2.05) is 31.2 Å². The second-order valence-electron chi connectivity index (χ2n) is 10.7. The van der Waals surface area contributed by atoms with E-state index in [0.29, 0.717) is 46.1 Å². The molecule has 5 aromatic carbocycles. The van der Waals surface area contributed by atoms with E-state index in [1.54, 1.807) is 54.6 Å². The van der Waals surface area contributed by atoms with Gasteiger partial charge < -0.3 is 14.2 Å². The fraction of sp³-hybridized carbons (Fsp3) is 0.108. The first-order chi connectivity index (χ1) is 23.2. The summed E-state index contributed by atoms with van der Waals surface area (Å²) in [5.41, 5.74) is 2.34. The molecular formula is C37H27Cl2IN2O6. The first kappa shape index (κ1) is 33.3. The van der Waals surface area contributed by atoms with Crippen LogP contribution in [0.2, 0.25) is 10.0 Å². The zero-order valence-electron chi connectivity index (χ0n) is 25.5. The van der Waals surface area contributed by atoms with Gasteiger partial charge in [-0.25, -0.2) is 9.69 Å². The Morgan fingerprint density at radius 3 is 2.33 bits per heavy atom. The lowest BCUT2D eigenvalue weighted by Crippen LogP contribution is -2.54. The van der Waals surface area contributed by atoms with Crippen molar-refractivity contribution in [3.63, 3.8) is 0 Å². The number of fused-ring (bicyclic) bond motifs is 1. The summed E-state index contributed by atoms with van der Waals surface area (Å²) < 4.78 is 18.7. The summed E-state index contributed by atoms with van der Waals surface area (Å²) in [7, 11) is 0. The SMILES string of the molecule is CCOc1cc(/C=C2\C(=O)NC(=O)N(c3ccc(OCc4ccc(Cl)cc4Cl)cc3)C2=O)cc(I)c1OCc1cccc2ccccc12. The Hall–Kier alpha value is -4.58. The number of amides is 4. The van der Waals surface area contributed by atoms with E-state index >= 15 is 0 Å². The maximum absolute atomic E-state index is 13.6. The van der Waals surface area contributed by atoms with E-state index in [0.717, 1.165) is 30.4 Å². The van der Waals surface area contributed by atoms with Gasteiger partial charge in [0.2, 0.25) is 0 Å². The van der Waals surface area contributed by atoms with Gasteiger partial charge >= 0.3 is 6.03 Å². The highest BCUT2D eigenvalue weighted by molar-refractivity contribution is 14.1. The predicted molar refractivity (Wildman–Crippen MR) is 195 cm³/mol. The van der Waals surface area contributed by atoms with Crippen molar-refractivity contribution in [2.45, 2.75) is 20.1 Å². The quantitative estimate of drug-likeness (QED) is 0.0863. The van der Waals surface area contributed by atoms with Crippen molar-refractivity contribution < 1.29 is 28.6 Å². The third-order valence-electron chi connectivity index (χ3n) is 7.50. The highest BCUT2D eigenvalue weighted by Gasteiger charge is 2.37. The van der Waals surface area contributed by atoms with Gasteiger partial charge in [-0.3, -0.25) is 14.9 Å². The van der Waals surface area contributed by atoms with Crippen molar-refractivity contribution in [3.8, 4) is 17.2 Å². The number of imide groups is 2. The van der Waals surface area contributed by atoms with Crippen LogP contribution in [-0.2, 0) is 22.8 Å². The molecule has 8 nitrogen and oxygen atoms in total. The molecule has 5 aromatic rings. The van der Waals surface area contributed by atoms with Crippen LogP contribution in [0.15, 0.2) is 103 Å². The molecule has 0 saturated carbocycles. The van der Waals surface area contributed by atoms with E-state index in [-0.39, 0.29) is 17.9 Å². The Labute approximate surface area is 300 Å². The standard InChI is InChI=1S/C37H27Cl2IN2O6/c1-2-46-33-18-22(17-32(40)34(33)48-20-24-8-5-7-23-6-3-4-9-29(23)24)16-30-35(43)41-37(45)42(36(30)44)27-12-14-28(15-13-27)47-21-25-10-11-26(38)19-31(25)39/h3-19H,2,20-21H2,1H3,(H,41,43,45)/b30-16+. The number of hydrogen-bond donors (Lipinski definition) is 1. The summed E-state index contributed by atoms with van der Waals surface area (Å²) >= 11 is 14.3. The maximum Gasteiger partial charge on any atom is 0.335 e. The lowest BCUT2D eigenvalue weighted by Gasteiger charge is -2.26. The van der Waals surface area contributed by atoms with Crippen molar-refractivity contribution in [1.29, 1.82) is 0 Å². The van der Waals surface area contributed by atoms with Crippen LogP contribution in [0, 0.1) is 3.57 Å². The zero-order chi connectivity index (χ0) is 33.8. The van der Waals surface area contributed by atoms with Gasteiger partial charge in [-0.15, -0.1) is 0 Å². The maximum atomic E-state index is 13.6. The molecular weight excluding hydrogens is 766 g/mol. The molecule has 6 rings (SSSR count). The molecule has 0 spiro atoms. The second kappa shape index (κ2) is 14.7. The lowest BCUT2D eigenvalue weighted by molar-refractivity contribution is -0.122. The van der Waals surface area contributed by atoms with E-state index in [2.05, 4.69) is 46.1 Å². The number of anilines is 1. The molecule has 0 unspecified atom stereocenters. The van der Waals surface area contributed by atoms with Crippen LogP contribution in [0.3, 0.4) is 0 Å². The van der Waals surface area contributed by atoms with Crippen LogP contribution in [0.25, 0.3) is 16.8 Å². The second-order valence-corrected chi connectivity index (χ2v) is 12.7. The number of benzene rings is 5. The molecule has 242 valence electrons. The molecule has 1 aliphatic rings. The summed E-state index contributed by atoms with van der Waals surface area (Å²) in [6.45, 7) is 2.73. The highest BCUT2D eigenvalue weighted by Crippen LogP contribution is 2.36. The first-order valence-corrected chi connectivity index (χ1v) is 16.7. The monoisotopic (exact) mass is 792 g/mol. The summed E-state index contributed by atoms with van der Waals surface area (Å²) in [5, 5.41) is 5.48. The molecule has 0 atom stereocenters. The molecule has 0 radical (unpaired) electrons. The molecule has 1 N–H and O–H groups in total. The fourth-order valence-corrected chi connectivity index (χ4v) is 6.44. The minimum atomic E-state index is -0.856. The van der Waals surface area contributed by atoms with Crippen molar-refractivity contribution in [2.24, 2.45) is 0 Å². The van der Waals surface area contributed by atoms with Gasteiger partial charge in [0, 0.05) is 15.6 Å². The number of nitrogens with zero attached hydrogens (tertiary/aromatic N) is 1. The summed E-state index contributed by atoms with van der Waals surface area (Å²) in [5.74, 6) is -0.0739. The Balaban J connectivity index is 1.22. The molecule has 1 saturated heterocycles. The van der Waals surface area contributed by atoms with Gasteiger partial charge in [0.25, 0.3) is 11.8 Å². The molecule has 0 aliphatic carbocycles. The molecule has 4 amide bonds. The van der Waals surface area contributed by atoms with Gasteiger partial charge in [-0.1, -0.05) is 71.7 Å². The van der Waals surface area contributed by atoms with Crippen molar-refractivity contribution in [3.05, 3.63) is 133 Å². The molecule has 48 heavy (non-hydrogen) atoms. The van der Waals surface area contributed by atoms with Crippen LogP contribution in [0.5, 0.6) is 17.2 Å². The summed E-state index contributed by atoms with van der Waals surface area (Å²) in [6, 6.07) is 28.3. The summed E-state index contributed by atoms with van der Waals surface area (Å²) in [6.07, 6.45) is 1.43. The van der Waals surface area contributed by atoms with Gasteiger partial charge in [0.05, 0.1) is 15.9 Å². The Kier molecular flexibility index (Phi) is 10.2. The average Bonchev–Trinajstić information content (AvgIpc) is 3.06. The zero-order valence-corrected chi connectivity index (χ0v) is 29.1. The highest BCUT2D eigenvalue weighted by atomic mass is 127. The van der Waals surface area contributed by atoms with Crippen molar-refractivity contribution in [1.82, 2.24) is 5.32 Å². The summed E-state index contributed by atoms with van der Waals surface area (Å²) in [4.78, 5) is 40.2. The van der Waals surface area contributed by atoms with Crippen LogP contribution in [0.4, 0.5) is 10.5 Å². The molecule has 1 heterocycles. The third-order valence-corrected chi connectivity index (χ3v) is 8.89. The molecule has 11 heteroatoms. The van der Waals surface area contributed by atoms with E-state index < -0.39 is 17.8 Å². The minimum Gasteiger partial charge on any atom is -0.490 e. The number of barbiturate groups is 1. The van der Waals surface area contributed by atoms with E-state index in [9.17, 15) is 14.4 Å². The van der Waals surface area contributed by atoms with E-state index in [1.165, 1.54) is 6.08 Å². The van der Waals surface area contributed by atoms with Gasteiger partial charge in [-0.05, 0) is 106 Å². The Morgan fingerprint density at radius 2 is 1.56 bits per heavy atom. The van der Waals surface area contributed by atoms with Crippen molar-refractivity contribution in [2.75, 3.05) is 11.5 Å². The molecule has 0 aromatic heterocycles. The number of carbonyl (C=O) groups excluding carboxylic acids is 3. The van der Waals surface area contributed by atoms with Crippen LogP contribution in [-0.4, -0.2) is 24.5 Å². The smallest absolute Gasteiger partial charge is 0.335 e. The number of halogens is 3. The van der Waals surface area contributed by atoms with Gasteiger partial charge in [0.1, 0.15) is 24.5 Å². The van der Waals surface area contributed by atoms with Crippen LogP contribution < -0.4 is 24.4 Å². The molecule has 1 aliphatic heterocycles. The number of hydrogen-bond acceptors (Lipinski definition) is 6. The van der Waals surface area contributed by atoms with Crippen LogP contribution in [0.1, 0.15) is 23.6 Å². The molecule has 1 fully saturated rings. The van der Waals surface area contributed by atoms with Gasteiger partial charge in [0.15, 0.2) is 11.5 Å². The number of rotatable bonds is 10. The number of nitrogens with one attached hydrogen (secondary N) is 1.